The quantitative estimate of drug-likeness (QED) is 0.474. The summed E-state index contributed by atoms with van der Waals surface area (Å²) in [6.45, 7) is -0.644. The second-order valence-corrected chi connectivity index (χ2v) is 7.57. The third-order valence-corrected chi connectivity index (χ3v) is 5.92. The summed E-state index contributed by atoms with van der Waals surface area (Å²) in [4.78, 5) is 37.1. The maximum atomic E-state index is 12.6. The molecule has 4 unspecified atom stereocenters. The number of benzene rings is 2. The number of imide groups is 1. The monoisotopic (exact) mass is 426 g/mol. The van der Waals surface area contributed by atoms with E-state index in [1.54, 1.807) is 18.2 Å². The molecule has 0 bridgehead atoms. The van der Waals surface area contributed by atoms with E-state index in [0.29, 0.717) is 17.1 Å². The lowest BCUT2D eigenvalue weighted by Gasteiger charge is -2.27. The van der Waals surface area contributed by atoms with Gasteiger partial charge in [-0.3, -0.25) is 25.0 Å². The molecular weight excluding hydrogens is 404 g/mol. The fourth-order valence-corrected chi connectivity index (χ4v) is 4.43. The van der Waals surface area contributed by atoms with Gasteiger partial charge in [-0.2, -0.15) is 0 Å². The zero-order chi connectivity index (χ0) is 22.2. The van der Waals surface area contributed by atoms with E-state index in [9.17, 15) is 24.6 Å². The van der Waals surface area contributed by atoms with Crippen molar-refractivity contribution >= 4 is 17.8 Å². The van der Waals surface area contributed by atoms with Gasteiger partial charge < -0.3 is 19.7 Å². The van der Waals surface area contributed by atoms with E-state index < -0.39 is 47.8 Å². The van der Waals surface area contributed by atoms with Crippen LogP contribution in [0.15, 0.2) is 48.5 Å². The molecule has 31 heavy (non-hydrogen) atoms. The molecule has 0 radical (unpaired) electrons. The first kappa shape index (κ1) is 20.8. The van der Waals surface area contributed by atoms with Crippen LogP contribution in [-0.2, 0) is 21.0 Å². The Kier molecular flexibility index (Phi) is 5.38. The maximum absolute atomic E-state index is 12.6. The Morgan fingerprint density at radius 1 is 1.10 bits per heavy atom. The predicted molar refractivity (Wildman–Crippen MR) is 107 cm³/mol. The number of hydrogen-bond donors (Lipinski definition) is 4. The molecule has 0 aromatic heterocycles. The number of fused-ring (bicyclic) bond motifs is 1. The van der Waals surface area contributed by atoms with E-state index in [4.69, 9.17) is 9.47 Å². The molecule has 0 spiro atoms. The van der Waals surface area contributed by atoms with Gasteiger partial charge in [-0.1, -0.05) is 42.5 Å². The predicted octanol–water partition coefficient (Wildman–Crippen LogP) is 0.623. The molecule has 0 saturated carbocycles. The molecule has 2 aliphatic heterocycles. The van der Waals surface area contributed by atoms with Crippen molar-refractivity contribution in [1.29, 1.82) is 0 Å². The Morgan fingerprint density at radius 3 is 2.48 bits per heavy atom. The van der Waals surface area contributed by atoms with Gasteiger partial charge in [0, 0.05) is 11.6 Å². The highest BCUT2D eigenvalue weighted by molar-refractivity contribution is 6.09. The zero-order valence-electron chi connectivity index (χ0n) is 16.7. The third-order valence-electron chi connectivity index (χ3n) is 5.92. The second kappa shape index (κ2) is 8.01. The molecule has 2 heterocycles. The molecule has 4 atom stereocenters. The highest BCUT2D eigenvalue weighted by Gasteiger charge is 2.66. The van der Waals surface area contributed by atoms with E-state index in [1.807, 2.05) is 30.3 Å². The first-order valence-corrected chi connectivity index (χ1v) is 9.73. The van der Waals surface area contributed by atoms with E-state index >= 15 is 0 Å². The molecule has 2 aromatic carbocycles. The summed E-state index contributed by atoms with van der Waals surface area (Å²) in [6.07, 6.45) is 0. The van der Waals surface area contributed by atoms with Crippen LogP contribution in [0.1, 0.15) is 17.2 Å². The van der Waals surface area contributed by atoms with Crippen molar-refractivity contribution in [1.82, 2.24) is 10.6 Å². The normalized spacial score (nSPS) is 27.0. The van der Waals surface area contributed by atoms with E-state index in [2.05, 4.69) is 10.6 Å². The molecule has 4 N–H and O–H groups in total. The van der Waals surface area contributed by atoms with Crippen LogP contribution in [0.3, 0.4) is 0 Å². The lowest BCUT2D eigenvalue weighted by Crippen LogP contribution is -2.58. The number of carbonyl (C=O) groups excluding carboxylic acids is 2. The van der Waals surface area contributed by atoms with Crippen molar-refractivity contribution in [3.8, 4) is 11.5 Å². The molecule has 162 valence electrons. The lowest BCUT2D eigenvalue weighted by atomic mass is 9.79. The van der Waals surface area contributed by atoms with Crippen LogP contribution in [-0.4, -0.2) is 47.3 Å². The van der Waals surface area contributed by atoms with Crippen molar-refractivity contribution in [2.75, 3.05) is 13.7 Å². The first-order valence-electron chi connectivity index (χ1n) is 9.73. The summed E-state index contributed by atoms with van der Waals surface area (Å²) < 4.78 is 11.5. The number of para-hydroxylation sites is 1. The SMILES string of the molecule is COc1cccc(C2NC(CO)(C(=O)O)C3C(=O)NC(=O)C23)c1OCc1ccccc1. The topological polar surface area (TPSA) is 134 Å². The number of carboxylic acids is 1. The van der Waals surface area contributed by atoms with Gasteiger partial charge in [0.2, 0.25) is 11.8 Å². The number of carbonyl (C=O) groups is 3. The number of amides is 2. The number of rotatable bonds is 7. The number of nitrogens with one attached hydrogen (secondary N) is 2. The summed E-state index contributed by atoms with van der Waals surface area (Å²) in [5.74, 6) is -4.30. The Labute approximate surface area is 178 Å². The van der Waals surface area contributed by atoms with E-state index in [-0.39, 0.29) is 6.61 Å². The summed E-state index contributed by atoms with van der Waals surface area (Å²) >= 11 is 0. The van der Waals surface area contributed by atoms with Crippen molar-refractivity contribution < 1.29 is 34.1 Å². The van der Waals surface area contributed by atoms with Gasteiger partial charge in [-0.25, -0.2) is 0 Å². The molecule has 0 aliphatic carbocycles. The summed E-state index contributed by atoms with van der Waals surface area (Å²) in [6, 6.07) is 13.6. The fraction of sp³-hybridized carbons (Fsp3) is 0.318. The minimum Gasteiger partial charge on any atom is -0.493 e. The van der Waals surface area contributed by atoms with Crippen LogP contribution in [0.4, 0.5) is 0 Å². The van der Waals surface area contributed by atoms with Crippen molar-refractivity contribution in [2.24, 2.45) is 11.8 Å². The van der Waals surface area contributed by atoms with Crippen molar-refractivity contribution in [3.05, 3.63) is 59.7 Å². The minimum absolute atomic E-state index is 0.213. The standard InChI is InChI=1S/C22H22N2O7/c1-30-14-9-5-8-13(18(14)31-10-12-6-3-2-4-7-12)17-15-16(20(27)23-19(15)26)22(11-25,24-17)21(28)29/h2-9,15-17,24-25H,10-11H2,1H3,(H,28,29)(H,23,26,27). The molecule has 2 aliphatic rings. The Bertz CT molecular complexity index is 1030. The van der Waals surface area contributed by atoms with E-state index in [0.717, 1.165) is 5.56 Å². The molecule has 9 nitrogen and oxygen atoms in total. The van der Waals surface area contributed by atoms with Crippen LogP contribution in [0, 0.1) is 11.8 Å². The van der Waals surface area contributed by atoms with Crippen LogP contribution in [0.25, 0.3) is 0 Å². The van der Waals surface area contributed by atoms with Gasteiger partial charge in [-0.15, -0.1) is 0 Å². The van der Waals surface area contributed by atoms with Crippen LogP contribution >= 0.6 is 0 Å². The Morgan fingerprint density at radius 2 is 1.84 bits per heavy atom. The number of ether oxygens (including phenoxy) is 2. The number of aliphatic hydroxyl groups excluding tert-OH is 1. The Hall–Kier alpha value is -3.43. The number of hydrogen-bond acceptors (Lipinski definition) is 7. The Balaban J connectivity index is 1.77. The molecule has 4 rings (SSSR count). The van der Waals surface area contributed by atoms with Gasteiger partial charge in [0.15, 0.2) is 17.0 Å². The average molecular weight is 426 g/mol. The van der Waals surface area contributed by atoms with Gasteiger partial charge >= 0.3 is 5.97 Å². The summed E-state index contributed by atoms with van der Waals surface area (Å²) in [5.41, 5.74) is -0.627. The van der Waals surface area contributed by atoms with Crippen molar-refractivity contribution in [3.63, 3.8) is 0 Å². The van der Waals surface area contributed by atoms with Gasteiger partial charge in [-0.05, 0) is 11.6 Å². The molecule has 2 fully saturated rings. The highest BCUT2D eigenvalue weighted by Crippen LogP contribution is 2.49. The van der Waals surface area contributed by atoms with Crippen LogP contribution < -0.4 is 20.1 Å². The third kappa shape index (κ3) is 3.31. The molecule has 2 saturated heterocycles. The average Bonchev–Trinajstić information content (AvgIpc) is 3.29. The van der Waals surface area contributed by atoms with Gasteiger partial charge in [0.05, 0.1) is 25.6 Å². The van der Waals surface area contributed by atoms with Crippen LogP contribution in [0.5, 0.6) is 11.5 Å². The number of aliphatic hydroxyl groups is 1. The maximum Gasteiger partial charge on any atom is 0.327 e. The first-order chi connectivity index (χ1) is 14.9. The number of aliphatic carboxylic acids is 1. The lowest BCUT2D eigenvalue weighted by molar-refractivity contribution is -0.151. The largest absolute Gasteiger partial charge is 0.493 e. The van der Waals surface area contributed by atoms with Crippen molar-refractivity contribution in [2.45, 2.75) is 18.2 Å². The molecule has 9 heteroatoms. The van der Waals surface area contributed by atoms with Gasteiger partial charge in [0.1, 0.15) is 6.61 Å². The highest BCUT2D eigenvalue weighted by atomic mass is 16.5. The number of carboxylic acid groups (broad SMARTS) is 1. The molecule has 2 aromatic rings. The van der Waals surface area contributed by atoms with Gasteiger partial charge in [0.25, 0.3) is 0 Å². The summed E-state index contributed by atoms with van der Waals surface area (Å²) in [5, 5.41) is 24.8. The summed E-state index contributed by atoms with van der Waals surface area (Å²) in [7, 11) is 1.47. The van der Waals surface area contributed by atoms with E-state index in [1.165, 1.54) is 7.11 Å². The van der Waals surface area contributed by atoms with Crippen LogP contribution in [0.2, 0.25) is 0 Å². The number of methoxy groups -OCH3 is 1. The minimum atomic E-state index is -1.99. The fourth-order valence-electron chi connectivity index (χ4n) is 4.43. The molecular formula is C22H22N2O7. The zero-order valence-corrected chi connectivity index (χ0v) is 16.7. The molecule has 2 amide bonds. The second-order valence-electron chi connectivity index (χ2n) is 7.57. The smallest absolute Gasteiger partial charge is 0.327 e.